The zero-order valence-electron chi connectivity index (χ0n) is 20.6. The van der Waals surface area contributed by atoms with Crippen LogP contribution in [0.4, 0.5) is 24.5 Å². The number of nitrogens with zero attached hydrogens (tertiary/aromatic N) is 1. The summed E-state index contributed by atoms with van der Waals surface area (Å²) in [5.41, 5.74) is 2.25. The van der Waals surface area contributed by atoms with E-state index < -0.39 is 22.2 Å². The van der Waals surface area contributed by atoms with E-state index in [2.05, 4.69) is 20.3 Å². The standard InChI is InChI=1S/C21H27ClN4O4S.C2HF3O2/c1-15-3-5-17(14-19(15)22)31(28,29)25-16-4-6-20(26-10-7-23-8-11-26)18(13-16)21(27)24-9-12-30-2;3-2(4,5)1(6)7/h3-6,13-14,23,25H,7-12H2,1-2H3,(H,24,27);(H,6,7). The molecule has 38 heavy (non-hydrogen) atoms. The third kappa shape index (κ3) is 9.04. The second-order valence-corrected chi connectivity index (χ2v) is 10.1. The van der Waals surface area contributed by atoms with Gasteiger partial charge in [-0.15, -0.1) is 0 Å². The van der Waals surface area contributed by atoms with Crippen molar-refractivity contribution in [3.63, 3.8) is 0 Å². The smallest absolute Gasteiger partial charge is 0.475 e. The molecular weight excluding hydrogens is 553 g/mol. The lowest BCUT2D eigenvalue weighted by Crippen LogP contribution is -2.44. The van der Waals surface area contributed by atoms with E-state index in [0.29, 0.717) is 29.4 Å². The predicted octanol–water partition coefficient (Wildman–Crippen LogP) is 2.87. The van der Waals surface area contributed by atoms with Gasteiger partial charge < -0.3 is 25.4 Å². The number of aliphatic carboxylic acids is 1. The van der Waals surface area contributed by atoms with Crippen molar-refractivity contribution in [2.75, 3.05) is 56.1 Å². The first-order chi connectivity index (χ1) is 17.8. The predicted molar refractivity (Wildman–Crippen MR) is 136 cm³/mol. The van der Waals surface area contributed by atoms with Crippen LogP contribution in [-0.2, 0) is 19.6 Å². The summed E-state index contributed by atoms with van der Waals surface area (Å²) in [5.74, 6) is -3.04. The molecule has 0 radical (unpaired) electrons. The monoisotopic (exact) mass is 580 g/mol. The van der Waals surface area contributed by atoms with Crippen molar-refractivity contribution in [3.05, 3.63) is 52.5 Å². The van der Waals surface area contributed by atoms with E-state index in [0.717, 1.165) is 37.4 Å². The average Bonchev–Trinajstić information content (AvgIpc) is 2.85. The van der Waals surface area contributed by atoms with Crippen molar-refractivity contribution in [3.8, 4) is 0 Å². The Morgan fingerprint density at radius 1 is 1.16 bits per heavy atom. The highest BCUT2D eigenvalue weighted by molar-refractivity contribution is 7.92. The number of carbonyl (C=O) groups is 2. The SMILES string of the molecule is COCCNC(=O)c1cc(NS(=O)(=O)c2ccc(C)c(Cl)c2)ccc1N1CCNCC1.O=C(O)C(F)(F)F. The van der Waals surface area contributed by atoms with Crippen molar-refractivity contribution < 1.29 is 41.0 Å². The molecular formula is C23H28ClF3N4O6S. The number of carboxylic acids is 1. The highest BCUT2D eigenvalue weighted by Crippen LogP contribution is 2.27. The lowest BCUT2D eigenvalue weighted by atomic mass is 10.1. The van der Waals surface area contributed by atoms with Gasteiger partial charge in [0.25, 0.3) is 15.9 Å². The van der Waals surface area contributed by atoms with Gasteiger partial charge in [-0.3, -0.25) is 9.52 Å². The Morgan fingerprint density at radius 3 is 2.34 bits per heavy atom. The molecule has 3 rings (SSSR count). The summed E-state index contributed by atoms with van der Waals surface area (Å²) in [6.45, 7) is 5.68. The Morgan fingerprint density at radius 2 is 1.79 bits per heavy atom. The summed E-state index contributed by atoms with van der Waals surface area (Å²) >= 11 is 6.09. The second kappa shape index (κ2) is 13.6. The molecule has 210 valence electrons. The fourth-order valence-corrected chi connectivity index (χ4v) is 4.60. The number of alkyl halides is 3. The van der Waals surface area contributed by atoms with Crippen molar-refractivity contribution in [2.45, 2.75) is 18.0 Å². The number of carbonyl (C=O) groups excluding carboxylic acids is 1. The summed E-state index contributed by atoms with van der Waals surface area (Å²) in [7, 11) is -2.30. The minimum absolute atomic E-state index is 0.0559. The maximum Gasteiger partial charge on any atom is 0.490 e. The fourth-order valence-electron chi connectivity index (χ4n) is 3.28. The topological polar surface area (TPSA) is 137 Å². The third-order valence-electron chi connectivity index (χ3n) is 5.24. The highest BCUT2D eigenvalue weighted by atomic mass is 35.5. The van der Waals surface area contributed by atoms with Gasteiger partial charge >= 0.3 is 12.1 Å². The number of hydrogen-bond acceptors (Lipinski definition) is 7. The molecule has 0 aromatic heterocycles. The molecule has 1 aliphatic rings. The lowest BCUT2D eigenvalue weighted by Gasteiger charge is -2.31. The van der Waals surface area contributed by atoms with E-state index in [1.807, 2.05) is 0 Å². The largest absolute Gasteiger partial charge is 0.490 e. The van der Waals surface area contributed by atoms with Crippen molar-refractivity contribution in [1.29, 1.82) is 0 Å². The van der Waals surface area contributed by atoms with E-state index in [1.54, 1.807) is 38.3 Å². The Labute approximate surface area is 223 Å². The number of aryl methyl sites for hydroxylation is 1. The molecule has 0 spiro atoms. The molecule has 2 aromatic carbocycles. The van der Waals surface area contributed by atoms with Gasteiger partial charge in [0.1, 0.15) is 0 Å². The molecule has 1 heterocycles. The van der Waals surface area contributed by atoms with Gasteiger partial charge in [-0.1, -0.05) is 17.7 Å². The van der Waals surface area contributed by atoms with Crippen LogP contribution in [0.3, 0.4) is 0 Å². The number of halogens is 4. The number of benzene rings is 2. The number of amides is 1. The number of anilines is 2. The Hall–Kier alpha value is -3.07. The van der Waals surface area contributed by atoms with Crippen LogP contribution in [0.2, 0.25) is 5.02 Å². The number of nitrogens with one attached hydrogen (secondary N) is 3. The Bertz CT molecular complexity index is 1240. The van der Waals surface area contributed by atoms with E-state index in [1.165, 1.54) is 12.1 Å². The molecule has 0 unspecified atom stereocenters. The first-order valence-corrected chi connectivity index (χ1v) is 13.1. The van der Waals surface area contributed by atoms with Crippen molar-refractivity contribution in [1.82, 2.24) is 10.6 Å². The number of carboxylic acid groups (broad SMARTS) is 1. The Kier molecular flexibility index (Phi) is 11.2. The molecule has 1 amide bonds. The third-order valence-corrected chi connectivity index (χ3v) is 7.03. The molecule has 0 aliphatic carbocycles. The number of rotatable bonds is 8. The zero-order chi connectivity index (χ0) is 28.5. The van der Waals surface area contributed by atoms with Gasteiger partial charge in [-0.2, -0.15) is 13.2 Å². The van der Waals surface area contributed by atoms with Crippen LogP contribution in [-0.4, -0.2) is 78.0 Å². The van der Waals surface area contributed by atoms with Gasteiger partial charge in [0.05, 0.1) is 17.1 Å². The van der Waals surface area contributed by atoms with E-state index in [-0.39, 0.29) is 10.8 Å². The summed E-state index contributed by atoms with van der Waals surface area (Å²) in [6.07, 6.45) is -5.08. The minimum atomic E-state index is -5.08. The zero-order valence-corrected chi connectivity index (χ0v) is 22.1. The Balaban J connectivity index is 0.000000638. The number of sulfonamides is 1. The summed E-state index contributed by atoms with van der Waals surface area (Å²) in [5, 5.41) is 13.6. The molecule has 1 aliphatic heterocycles. The molecule has 15 heteroatoms. The van der Waals surface area contributed by atoms with Gasteiger partial charge in [-0.05, 0) is 42.8 Å². The van der Waals surface area contributed by atoms with E-state index in [9.17, 15) is 26.4 Å². The van der Waals surface area contributed by atoms with Crippen LogP contribution in [0.1, 0.15) is 15.9 Å². The van der Waals surface area contributed by atoms with Crippen LogP contribution in [0, 0.1) is 6.92 Å². The van der Waals surface area contributed by atoms with Gasteiger partial charge in [0, 0.05) is 56.2 Å². The molecule has 1 saturated heterocycles. The normalized spacial score (nSPS) is 13.8. The highest BCUT2D eigenvalue weighted by Gasteiger charge is 2.38. The lowest BCUT2D eigenvalue weighted by molar-refractivity contribution is -0.192. The van der Waals surface area contributed by atoms with Gasteiger partial charge in [-0.25, -0.2) is 13.2 Å². The maximum atomic E-state index is 12.8. The number of ether oxygens (including phenoxy) is 1. The fraction of sp³-hybridized carbons (Fsp3) is 0.391. The molecule has 0 bridgehead atoms. The van der Waals surface area contributed by atoms with Crippen LogP contribution in [0.15, 0.2) is 41.3 Å². The second-order valence-electron chi connectivity index (χ2n) is 8.04. The molecule has 10 nitrogen and oxygen atoms in total. The van der Waals surface area contributed by atoms with Gasteiger partial charge in [0.15, 0.2) is 0 Å². The van der Waals surface area contributed by atoms with Crippen LogP contribution < -0.4 is 20.3 Å². The molecule has 2 aromatic rings. The summed E-state index contributed by atoms with van der Waals surface area (Å²) in [4.78, 5) is 23.9. The molecule has 0 saturated carbocycles. The maximum absolute atomic E-state index is 12.8. The first-order valence-electron chi connectivity index (χ1n) is 11.2. The minimum Gasteiger partial charge on any atom is -0.475 e. The molecule has 1 fully saturated rings. The van der Waals surface area contributed by atoms with Crippen LogP contribution >= 0.6 is 11.6 Å². The van der Waals surface area contributed by atoms with E-state index in [4.69, 9.17) is 26.2 Å². The number of hydrogen-bond donors (Lipinski definition) is 4. The van der Waals surface area contributed by atoms with Crippen molar-refractivity contribution >= 4 is 44.9 Å². The summed E-state index contributed by atoms with van der Waals surface area (Å²) in [6, 6.07) is 9.56. The van der Waals surface area contributed by atoms with Gasteiger partial charge in [0.2, 0.25) is 0 Å². The van der Waals surface area contributed by atoms with Crippen LogP contribution in [0.5, 0.6) is 0 Å². The number of methoxy groups -OCH3 is 1. The average molecular weight is 581 g/mol. The summed E-state index contributed by atoms with van der Waals surface area (Å²) < 4.78 is 65.0. The molecule has 0 atom stereocenters. The van der Waals surface area contributed by atoms with Crippen LogP contribution in [0.25, 0.3) is 0 Å². The number of piperazine rings is 1. The molecule has 4 N–H and O–H groups in total. The first kappa shape index (κ1) is 31.1. The quantitative estimate of drug-likeness (QED) is 0.350. The van der Waals surface area contributed by atoms with Crippen molar-refractivity contribution in [2.24, 2.45) is 0 Å². The van der Waals surface area contributed by atoms with E-state index >= 15 is 0 Å².